The number of amides is 2. The summed E-state index contributed by atoms with van der Waals surface area (Å²) in [6.45, 7) is -0.0928. The number of carbonyl (C=O) groups is 2. The smallest absolute Gasteiger partial charge is 0.289 e. The number of benzene rings is 5. The predicted octanol–water partition coefficient (Wildman–Crippen LogP) is 6.15. The molecular formula is C32H24N4O6S. The zero-order valence-corrected chi connectivity index (χ0v) is 23.4. The van der Waals surface area contributed by atoms with Crippen LogP contribution >= 0.6 is 0 Å². The summed E-state index contributed by atoms with van der Waals surface area (Å²) in [7, 11) is -4.41. The van der Waals surface area contributed by atoms with Crippen LogP contribution in [-0.4, -0.2) is 25.2 Å². The minimum Gasteiger partial charge on any atom is -0.323 e. The van der Waals surface area contributed by atoms with Gasteiger partial charge in [-0.15, -0.1) is 0 Å². The van der Waals surface area contributed by atoms with Gasteiger partial charge in [-0.3, -0.25) is 28.9 Å². The lowest BCUT2D eigenvalue weighted by atomic mass is 10.1. The monoisotopic (exact) mass is 592 g/mol. The Morgan fingerprint density at radius 3 is 2.23 bits per heavy atom. The van der Waals surface area contributed by atoms with Gasteiger partial charge in [0.15, 0.2) is 4.90 Å². The lowest BCUT2D eigenvalue weighted by molar-refractivity contribution is -0.387. The van der Waals surface area contributed by atoms with Crippen LogP contribution in [0.3, 0.4) is 0 Å². The van der Waals surface area contributed by atoms with E-state index in [0.29, 0.717) is 22.6 Å². The summed E-state index contributed by atoms with van der Waals surface area (Å²) >= 11 is 0. The maximum Gasteiger partial charge on any atom is 0.289 e. The molecule has 0 radical (unpaired) electrons. The molecule has 0 saturated heterocycles. The summed E-state index contributed by atoms with van der Waals surface area (Å²) < 4.78 is 29.1. The number of hydrogen-bond donors (Lipinski definition) is 1. The van der Waals surface area contributed by atoms with E-state index in [0.717, 1.165) is 21.1 Å². The van der Waals surface area contributed by atoms with Crippen LogP contribution in [0.15, 0.2) is 120 Å². The summed E-state index contributed by atoms with van der Waals surface area (Å²) in [5, 5.41) is 16.3. The van der Waals surface area contributed by atoms with E-state index in [9.17, 15) is 28.1 Å². The molecule has 0 bridgehead atoms. The van der Waals surface area contributed by atoms with E-state index in [-0.39, 0.29) is 18.7 Å². The molecule has 0 aromatic heterocycles. The van der Waals surface area contributed by atoms with Crippen molar-refractivity contribution in [1.82, 2.24) is 0 Å². The Labute approximate surface area is 247 Å². The molecular weight excluding hydrogens is 568 g/mol. The van der Waals surface area contributed by atoms with Gasteiger partial charge in [-0.05, 0) is 47.3 Å². The molecule has 0 saturated carbocycles. The number of nitro groups is 1. The molecule has 5 aromatic rings. The normalized spacial score (nSPS) is 13.3. The number of anilines is 4. The lowest BCUT2D eigenvalue weighted by Gasteiger charge is -2.27. The number of fused-ring (bicyclic) bond motifs is 3. The molecule has 11 heteroatoms. The van der Waals surface area contributed by atoms with E-state index in [1.807, 2.05) is 30.3 Å². The number of sulfonamides is 1. The van der Waals surface area contributed by atoms with Crippen molar-refractivity contribution in [1.29, 1.82) is 0 Å². The highest BCUT2D eigenvalue weighted by molar-refractivity contribution is 7.93. The Morgan fingerprint density at radius 1 is 0.814 bits per heavy atom. The molecule has 0 unspecified atom stereocenters. The van der Waals surface area contributed by atoms with Crippen LogP contribution in [-0.2, 0) is 26.2 Å². The molecule has 1 N–H and O–H groups in total. The molecule has 1 aliphatic heterocycles. The van der Waals surface area contributed by atoms with Gasteiger partial charge in [0.25, 0.3) is 15.7 Å². The van der Waals surface area contributed by atoms with Crippen molar-refractivity contribution in [3.63, 3.8) is 0 Å². The molecule has 1 heterocycles. The average Bonchev–Trinajstić information content (AvgIpc) is 3.14. The molecule has 2 amide bonds. The minimum absolute atomic E-state index is 0.0928. The molecule has 214 valence electrons. The Kier molecular flexibility index (Phi) is 7.08. The van der Waals surface area contributed by atoms with Gasteiger partial charge in [-0.1, -0.05) is 72.8 Å². The number of nitrogens with one attached hydrogen (secondary N) is 1. The third-order valence-electron chi connectivity index (χ3n) is 7.17. The summed E-state index contributed by atoms with van der Waals surface area (Å²) in [5.41, 5.74) is 1.78. The topological polar surface area (TPSA) is 130 Å². The van der Waals surface area contributed by atoms with Crippen LogP contribution < -0.4 is 14.5 Å². The molecule has 0 spiro atoms. The van der Waals surface area contributed by atoms with Crippen LogP contribution in [0.25, 0.3) is 10.8 Å². The molecule has 10 nitrogen and oxygen atoms in total. The lowest BCUT2D eigenvalue weighted by Crippen LogP contribution is -2.31. The third-order valence-corrected chi connectivity index (χ3v) is 8.99. The number of nitro benzene ring substituents is 1. The van der Waals surface area contributed by atoms with Crippen molar-refractivity contribution >= 4 is 61.0 Å². The summed E-state index contributed by atoms with van der Waals surface area (Å²) in [6.07, 6.45) is -0.378. The van der Waals surface area contributed by atoms with E-state index in [2.05, 4.69) is 5.32 Å². The Morgan fingerprint density at radius 2 is 1.49 bits per heavy atom. The van der Waals surface area contributed by atoms with Crippen molar-refractivity contribution in [3.05, 3.63) is 131 Å². The Balaban J connectivity index is 1.45. The number of nitrogens with zero attached hydrogens (tertiary/aromatic N) is 3. The molecule has 43 heavy (non-hydrogen) atoms. The second-order valence-corrected chi connectivity index (χ2v) is 11.7. The first-order chi connectivity index (χ1) is 20.7. The fourth-order valence-electron chi connectivity index (χ4n) is 5.17. The van der Waals surface area contributed by atoms with E-state index in [1.54, 1.807) is 60.7 Å². The molecule has 0 fully saturated rings. The zero-order valence-electron chi connectivity index (χ0n) is 22.6. The second kappa shape index (κ2) is 11.0. The number of carbonyl (C=O) groups excluding carboxylic acids is 2. The van der Waals surface area contributed by atoms with E-state index < -0.39 is 37.3 Å². The van der Waals surface area contributed by atoms with E-state index in [1.165, 1.54) is 23.1 Å². The Bertz CT molecular complexity index is 2000. The SMILES string of the molecule is O=C1CC(=O)N(c2ccc(N(Cc3ccccc3)S(=O)(=O)c3ccccc3[N+](=O)[O-])cc2)c2ccc3ccccc3c2N1. The molecule has 5 aromatic carbocycles. The molecule has 1 aliphatic rings. The highest BCUT2D eigenvalue weighted by atomic mass is 32.2. The van der Waals surface area contributed by atoms with Gasteiger partial charge >= 0.3 is 0 Å². The van der Waals surface area contributed by atoms with Crippen LogP contribution in [0, 0.1) is 10.1 Å². The number of para-hydroxylation sites is 1. The number of hydrogen-bond acceptors (Lipinski definition) is 6. The maximum absolute atomic E-state index is 14.0. The molecule has 6 rings (SSSR count). The van der Waals surface area contributed by atoms with Gasteiger partial charge in [-0.25, -0.2) is 8.42 Å². The standard InChI is InChI=1S/C32H24N4O6S/c37-30-20-31(38)35(28-19-14-23-10-4-5-11-26(23)32(28)33-30)25-17-15-24(16-18-25)34(21-22-8-2-1-3-9-22)43(41,42)29-13-7-6-12-27(29)36(39)40/h1-19H,20-21H2,(H,33,37). The quantitative estimate of drug-likeness (QED) is 0.137. The van der Waals surface area contributed by atoms with Crippen molar-refractivity contribution in [2.75, 3.05) is 14.5 Å². The third kappa shape index (κ3) is 5.17. The molecule has 0 aliphatic carbocycles. The summed E-state index contributed by atoms with van der Waals surface area (Å²) in [4.78, 5) is 38.0. The zero-order chi connectivity index (χ0) is 30.1. The second-order valence-electron chi connectivity index (χ2n) is 9.87. The highest BCUT2D eigenvalue weighted by Crippen LogP contribution is 2.41. The van der Waals surface area contributed by atoms with Crippen molar-refractivity contribution in [3.8, 4) is 0 Å². The number of rotatable bonds is 7. The van der Waals surface area contributed by atoms with Crippen LogP contribution in [0.4, 0.5) is 28.4 Å². The van der Waals surface area contributed by atoms with Gasteiger partial charge in [-0.2, -0.15) is 0 Å². The van der Waals surface area contributed by atoms with E-state index >= 15 is 0 Å². The molecule has 0 atom stereocenters. The Hall–Kier alpha value is -5.55. The summed E-state index contributed by atoms with van der Waals surface area (Å²) in [5.74, 6) is -0.890. The van der Waals surface area contributed by atoms with Gasteiger partial charge < -0.3 is 5.32 Å². The van der Waals surface area contributed by atoms with Crippen molar-refractivity contribution in [2.45, 2.75) is 17.9 Å². The van der Waals surface area contributed by atoms with E-state index in [4.69, 9.17) is 0 Å². The fraction of sp³-hybridized carbons (Fsp3) is 0.0625. The fourth-order valence-corrected chi connectivity index (χ4v) is 6.79. The summed E-state index contributed by atoms with van der Waals surface area (Å²) in [6, 6.07) is 31.5. The first-order valence-electron chi connectivity index (χ1n) is 13.3. The van der Waals surface area contributed by atoms with Gasteiger partial charge in [0, 0.05) is 17.1 Å². The van der Waals surface area contributed by atoms with Crippen LogP contribution in [0.5, 0.6) is 0 Å². The first kappa shape index (κ1) is 27.6. The van der Waals surface area contributed by atoms with Crippen LogP contribution in [0.2, 0.25) is 0 Å². The predicted molar refractivity (Wildman–Crippen MR) is 164 cm³/mol. The van der Waals surface area contributed by atoms with Crippen molar-refractivity contribution < 1.29 is 22.9 Å². The van der Waals surface area contributed by atoms with Crippen molar-refractivity contribution in [2.24, 2.45) is 0 Å². The van der Waals surface area contributed by atoms with Gasteiger partial charge in [0.2, 0.25) is 11.8 Å². The first-order valence-corrected chi connectivity index (χ1v) is 14.7. The van der Waals surface area contributed by atoms with Crippen LogP contribution in [0.1, 0.15) is 12.0 Å². The minimum atomic E-state index is -4.41. The largest absolute Gasteiger partial charge is 0.323 e. The van der Waals surface area contributed by atoms with Gasteiger partial charge in [0.1, 0.15) is 6.42 Å². The average molecular weight is 593 g/mol. The highest BCUT2D eigenvalue weighted by Gasteiger charge is 2.33. The maximum atomic E-state index is 14.0. The van der Waals surface area contributed by atoms with Gasteiger partial charge in [0.05, 0.1) is 28.5 Å².